The first-order valence-electron chi connectivity index (χ1n) is 9.70. The molecule has 0 spiro atoms. The number of rotatable bonds is 7. The zero-order valence-electron chi connectivity index (χ0n) is 16.9. The van der Waals surface area contributed by atoms with E-state index < -0.39 is 22.6 Å². The molecule has 1 aromatic carbocycles. The number of alkyl carbamates (subject to hydrolysis) is 1. The molecule has 0 heterocycles. The Morgan fingerprint density at radius 2 is 1.93 bits per heavy atom. The van der Waals surface area contributed by atoms with Crippen molar-refractivity contribution in [2.45, 2.75) is 64.5 Å². The Morgan fingerprint density at radius 3 is 2.50 bits per heavy atom. The maximum absolute atomic E-state index is 11.7. The maximum atomic E-state index is 11.7. The summed E-state index contributed by atoms with van der Waals surface area (Å²) < 4.78 is 29.7. The number of nitrogens with zero attached hydrogens (tertiary/aromatic N) is 1. The minimum Gasteiger partial charge on any atom is -0.444 e. The van der Waals surface area contributed by atoms with E-state index in [0.717, 1.165) is 18.5 Å². The average molecular weight is 413 g/mol. The van der Waals surface area contributed by atoms with Crippen LogP contribution in [0.3, 0.4) is 0 Å². The number of hydrogen-bond acceptors (Lipinski definition) is 6. The van der Waals surface area contributed by atoms with E-state index in [1.165, 1.54) is 23.6 Å². The fourth-order valence-electron chi connectivity index (χ4n) is 3.19. The van der Waals surface area contributed by atoms with E-state index in [2.05, 4.69) is 10.6 Å². The quantitative estimate of drug-likeness (QED) is 0.404. The van der Waals surface area contributed by atoms with Crippen molar-refractivity contribution in [2.24, 2.45) is 0 Å². The number of ether oxygens (including phenoxy) is 1. The molecule has 0 aliphatic heterocycles. The van der Waals surface area contributed by atoms with E-state index in [9.17, 15) is 13.2 Å². The van der Waals surface area contributed by atoms with Crippen molar-refractivity contribution in [3.8, 4) is 0 Å². The highest BCUT2D eigenvalue weighted by Gasteiger charge is 2.18. The number of nitrogen functional groups attached to an aromatic ring is 1. The molecule has 1 saturated carbocycles. The lowest BCUT2D eigenvalue weighted by molar-refractivity contribution is 0.0529. The van der Waals surface area contributed by atoms with E-state index in [4.69, 9.17) is 10.5 Å². The van der Waals surface area contributed by atoms with Crippen LogP contribution in [0.4, 0.5) is 21.9 Å². The van der Waals surface area contributed by atoms with Gasteiger partial charge in [-0.25, -0.2) is 13.2 Å². The van der Waals surface area contributed by atoms with Crippen molar-refractivity contribution in [3.05, 3.63) is 18.2 Å². The van der Waals surface area contributed by atoms with Crippen LogP contribution in [0.25, 0.3) is 0 Å². The Bertz CT molecular complexity index is 732. The van der Waals surface area contributed by atoms with Crippen molar-refractivity contribution in [3.63, 3.8) is 0 Å². The summed E-state index contributed by atoms with van der Waals surface area (Å²) >= 11 is 0. The van der Waals surface area contributed by atoms with Crippen LogP contribution in [0.1, 0.15) is 52.9 Å². The van der Waals surface area contributed by atoms with Crippen LogP contribution in [-0.2, 0) is 15.6 Å². The van der Waals surface area contributed by atoms with Gasteiger partial charge in [0, 0.05) is 12.6 Å². The van der Waals surface area contributed by atoms with Gasteiger partial charge in [-0.15, -0.1) is 0 Å². The van der Waals surface area contributed by atoms with Gasteiger partial charge in [-0.05, 0) is 51.8 Å². The van der Waals surface area contributed by atoms with Crippen molar-refractivity contribution >= 4 is 34.0 Å². The van der Waals surface area contributed by atoms with Gasteiger partial charge in [-0.1, -0.05) is 19.3 Å². The normalized spacial score (nSPS) is 15.3. The van der Waals surface area contributed by atoms with E-state index in [-0.39, 0.29) is 13.1 Å². The Labute approximate surface area is 168 Å². The zero-order valence-corrected chi connectivity index (χ0v) is 17.8. The molecule has 0 aromatic heterocycles. The minimum absolute atomic E-state index is 0.0901. The molecule has 1 aliphatic rings. The molecule has 28 heavy (non-hydrogen) atoms. The molecule has 1 amide bonds. The fourth-order valence-corrected chi connectivity index (χ4v) is 3.77. The van der Waals surface area contributed by atoms with Gasteiger partial charge in [0.2, 0.25) is 10.9 Å². The summed E-state index contributed by atoms with van der Waals surface area (Å²) in [6, 6.07) is 5.59. The second-order valence-electron chi connectivity index (χ2n) is 8.04. The number of thiol groups is 1. The van der Waals surface area contributed by atoms with Gasteiger partial charge in [0.25, 0.3) is 0 Å². The van der Waals surface area contributed by atoms with E-state index in [0.29, 0.717) is 17.4 Å². The molecule has 0 saturated heterocycles. The number of anilines is 3. The Balaban J connectivity index is 1.97. The van der Waals surface area contributed by atoms with Crippen molar-refractivity contribution in [2.75, 3.05) is 28.4 Å². The number of amides is 1. The average Bonchev–Trinajstić information content (AvgIpc) is 2.60. The molecule has 1 fully saturated rings. The van der Waals surface area contributed by atoms with Gasteiger partial charge in [-0.3, -0.25) is 4.31 Å². The summed E-state index contributed by atoms with van der Waals surface area (Å²) in [6.07, 6.45) is 5.36. The van der Waals surface area contributed by atoms with Crippen LogP contribution in [0.15, 0.2) is 18.2 Å². The molecule has 4 N–H and O–H groups in total. The van der Waals surface area contributed by atoms with Gasteiger partial charge in [-0.2, -0.15) is 0 Å². The number of hydrogen-bond donors (Lipinski definition) is 4. The molecule has 0 bridgehead atoms. The molecule has 0 atom stereocenters. The largest absolute Gasteiger partial charge is 0.444 e. The summed E-state index contributed by atoms with van der Waals surface area (Å²) in [4.78, 5) is 11.7. The van der Waals surface area contributed by atoms with Crippen LogP contribution >= 0.6 is 0 Å². The smallest absolute Gasteiger partial charge is 0.407 e. The molecule has 1 aromatic rings. The lowest BCUT2D eigenvalue weighted by Gasteiger charge is -2.25. The molecule has 9 heteroatoms. The lowest BCUT2D eigenvalue weighted by Crippen LogP contribution is -2.37. The number of benzene rings is 1. The van der Waals surface area contributed by atoms with E-state index in [1.54, 1.807) is 32.9 Å². The molecular weight excluding hydrogens is 380 g/mol. The monoisotopic (exact) mass is 412 g/mol. The summed E-state index contributed by atoms with van der Waals surface area (Å²) in [5, 5.41) is 6.02. The highest BCUT2D eigenvalue weighted by molar-refractivity contribution is 7.74. The third-order valence-corrected chi connectivity index (χ3v) is 5.31. The van der Waals surface area contributed by atoms with Gasteiger partial charge in [0.05, 0.1) is 23.6 Å². The Kier molecular flexibility index (Phi) is 7.79. The van der Waals surface area contributed by atoms with Crippen molar-refractivity contribution in [1.29, 1.82) is 0 Å². The van der Waals surface area contributed by atoms with Gasteiger partial charge >= 0.3 is 6.09 Å². The molecule has 2 rings (SSSR count). The number of carbonyl (C=O) groups is 1. The van der Waals surface area contributed by atoms with Gasteiger partial charge in [0.15, 0.2) is 0 Å². The second kappa shape index (κ2) is 9.86. The highest BCUT2D eigenvalue weighted by Crippen LogP contribution is 2.28. The van der Waals surface area contributed by atoms with Crippen LogP contribution < -0.4 is 20.7 Å². The fraction of sp³-hybridized carbons (Fsp3) is 0.632. The molecular formula is C19H32N4O4S. The zero-order chi connectivity index (χ0) is 20.7. The molecule has 0 unspecified atom stereocenters. The van der Waals surface area contributed by atoms with Gasteiger partial charge in [0.1, 0.15) is 5.60 Å². The third kappa shape index (κ3) is 7.10. The SMILES string of the molecule is CC(C)(C)OC(=O)NCCN(c1ccc(NC2CCCCC2)c(N)c1)[SH](=O)=O. The first-order valence-corrected chi connectivity index (χ1v) is 10.8. The standard InChI is InChI=1S/C19H32N4O4S/c1-19(2,3)27-18(24)21-11-12-23(28(25)26)15-9-10-17(16(20)13-15)22-14-7-5-4-6-8-14/h9-10,13-14,22,28H,4-8,11-12,20H2,1-3H3,(H,21,24). The van der Waals surface area contributed by atoms with Crippen LogP contribution in [0.5, 0.6) is 0 Å². The van der Waals surface area contributed by atoms with Crippen molar-refractivity contribution < 1.29 is 17.9 Å². The van der Waals surface area contributed by atoms with E-state index in [1.807, 2.05) is 6.07 Å². The molecule has 8 nitrogen and oxygen atoms in total. The van der Waals surface area contributed by atoms with Crippen molar-refractivity contribution in [1.82, 2.24) is 5.32 Å². The predicted octanol–water partition coefficient (Wildman–Crippen LogP) is 2.87. The maximum Gasteiger partial charge on any atom is 0.407 e. The van der Waals surface area contributed by atoms with Crippen LogP contribution in [-0.4, -0.2) is 39.2 Å². The predicted molar refractivity (Wildman–Crippen MR) is 113 cm³/mol. The minimum atomic E-state index is -2.87. The van der Waals surface area contributed by atoms with E-state index >= 15 is 0 Å². The lowest BCUT2D eigenvalue weighted by atomic mass is 9.95. The van der Waals surface area contributed by atoms with Gasteiger partial charge < -0.3 is 21.1 Å². The molecule has 1 aliphatic carbocycles. The summed E-state index contributed by atoms with van der Waals surface area (Å²) in [7, 11) is -2.87. The molecule has 158 valence electrons. The summed E-state index contributed by atoms with van der Waals surface area (Å²) in [5.74, 6) is 0. The second-order valence-corrected chi connectivity index (χ2v) is 9.00. The number of carbonyl (C=O) groups excluding carboxylic acids is 1. The molecule has 0 radical (unpaired) electrons. The summed E-state index contributed by atoms with van der Waals surface area (Å²) in [6.45, 7) is 5.50. The highest BCUT2D eigenvalue weighted by atomic mass is 32.2. The number of nitrogens with two attached hydrogens (primary N) is 1. The first-order chi connectivity index (χ1) is 13.2. The number of nitrogens with one attached hydrogen (secondary N) is 2. The van der Waals surface area contributed by atoms with Crippen LogP contribution in [0, 0.1) is 0 Å². The topological polar surface area (TPSA) is 114 Å². The summed E-state index contributed by atoms with van der Waals surface area (Å²) in [5.41, 5.74) is 7.33. The Morgan fingerprint density at radius 1 is 1.25 bits per heavy atom. The Hall–Kier alpha value is -2.16. The first kappa shape index (κ1) is 22.1. The third-order valence-electron chi connectivity index (χ3n) is 4.49. The van der Waals surface area contributed by atoms with Crippen LogP contribution in [0.2, 0.25) is 0 Å².